The highest BCUT2D eigenvalue weighted by Crippen LogP contribution is 2.22. The van der Waals surface area contributed by atoms with Crippen LogP contribution in [0.15, 0.2) is 40.5 Å². The Balaban J connectivity index is 1.47. The number of hydrogen-bond acceptors (Lipinski definition) is 4. The second-order valence-electron chi connectivity index (χ2n) is 6.33. The zero-order valence-corrected chi connectivity index (χ0v) is 14.8. The van der Waals surface area contributed by atoms with E-state index in [1.807, 2.05) is 17.5 Å². The van der Waals surface area contributed by atoms with E-state index in [4.69, 9.17) is 0 Å². The SMILES string of the molecule is O=C(Nc1ccc2[nH]c(=O)[nH]c2c1)[C@@H]1CCCN1C(=O)Cc1cccs1. The molecule has 3 N–H and O–H groups in total. The van der Waals surface area contributed by atoms with Gasteiger partial charge >= 0.3 is 5.69 Å². The van der Waals surface area contributed by atoms with Gasteiger partial charge in [0.2, 0.25) is 11.8 Å². The van der Waals surface area contributed by atoms with Gasteiger partial charge in [-0.25, -0.2) is 4.79 Å². The third kappa shape index (κ3) is 3.28. The first-order chi connectivity index (χ1) is 12.6. The Labute approximate surface area is 153 Å². The number of hydrogen-bond donors (Lipinski definition) is 3. The number of likely N-dealkylation sites (tertiary alicyclic amines) is 1. The van der Waals surface area contributed by atoms with E-state index in [1.165, 1.54) is 0 Å². The Morgan fingerprint density at radius 1 is 1.23 bits per heavy atom. The number of rotatable bonds is 4. The van der Waals surface area contributed by atoms with Crippen LogP contribution in [-0.2, 0) is 16.0 Å². The highest BCUT2D eigenvalue weighted by Gasteiger charge is 2.34. The number of amides is 2. The van der Waals surface area contributed by atoms with Gasteiger partial charge in [0.25, 0.3) is 0 Å². The minimum absolute atomic E-state index is 0.0180. The van der Waals surface area contributed by atoms with Crippen molar-refractivity contribution >= 4 is 39.9 Å². The molecule has 8 heteroatoms. The molecule has 7 nitrogen and oxygen atoms in total. The zero-order chi connectivity index (χ0) is 18.1. The molecule has 1 fully saturated rings. The van der Waals surface area contributed by atoms with Gasteiger partial charge in [-0.15, -0.1) is 11.3 Å². The maximum Gasteiger partial charge on any atom is 0.323 e. The summed E-state index contributed by atoms with van der Waals surface area (Å²) in [7, 11) is 0. The van der Waals surface area contributed by atoms with E-state index in [2.05, 4.69) is 15.3 Å². The fourth-order valence-electron chi connectivity index (χ4n) is 3.34. The number of nitrogens with one attached hydrogen (secondary N) is 3. The monoisotopic (exact) mass is 370 g/mol. The van der Waals surface area contributed by atoms with Gasteiger partial charge in [0.05, 0.1) is 17.5 Å². The van der Waals surface area contributed by atoms with Crippen molar-refractivity contribution in [3.63, 3.8) is 0 Å². The predicted octanol–water partition coefficient (Wildman–Crippen LogP) is 2.09. The quantitative estimate of drug-likeness (QED) is 0.656. The Bertz CT molecular complexity index is 1010. The summed E-state index contributed by atoms with van der Waals surface area (Å²) in [6.07, 6.45) is 1.81. The van der Waals surface area contributed by atoms with E-state index < -0.39 is 6.04 Å². The maximum atomic E-state index is 12.7. The van der Waals surface area contributed by atoms with Crippen LogP contribution >= 0.6 is 11.3 Å². The van der Waals surface area contributed by atoms with E-state index >= 15 is 0 Å². The first-order valence-electron chi connectivity index (χ1n) is 8.45. The summed E-state index contributed by atoms with van der Waals surface area (Å²) < 4.78 is 0. The Hall–Kier alpha value is -2.87. The van der Waals surface area contributed by atoms with Crippen LogP contribution in [0.1, 0.15) is 17.7 Å². The summed E-state index contributed by atoms with van der Waals surface area (Å²) in [5.41, 5.74) is 1.62. The van der Waals surface area contributed by atoms with Crippen molar-refractivity contribution in [3.05, 3.63) is 51.1 Å². The van der Waals surface area contributed by atoms with Crippen LogP contribution in [0, 0.1) is 0 Å². The van der Waals surface area contributed by atoms with E-state index in [0.717, 1.165) is 11.3 Å². The molecule has 0 aliphatic carbocycles. The van der Waals surface area contributed by atoms with E-state index in [0.29, 0.717) is 36.1 Å². The van der Waals surface area contributed by atoms with Crippen LogP contribution in [0.2, 0.25) is 0 Å². The van der Waals surface area contributed by atoms with Crippen LogP contribution in [-0.4, -0.2) is 39.3 Å². The second kappa shape index (κ2) is 6.80. The Kier molecular flexibility index (Phi) is 4.34. The molecule has 2 aromatic heterocycles. The van der Waals surface area contributed by atoms with Gasteiger partial charge in [-0.3, -0.25) is 9.59 Å². The molecule has 0 spiro atoms. The lowest BCUT2D eigenvalue weighted by Crippen LogP contribution is -2.43. The molecule has 3 heterocycles. The average Bonchev–Trinajstić information content (AvgIpc) is 3.33. The number of aromatic amines is 2. The van der Waals surface area contributed by atoms with Crippen LogP contribution in [0.4, 0.5) is 5.69 Å². The molecule has 1 aliphatic heterocycles. The molecule has 1 saturated heterocycles. The number of fused-ring (bicyclic) bond motifs is 1. The number of thiophene rings is 1. The first-order valence-corrected chi connectivity index (χ1v) is 9.33. The Morgan fingerprint density at radius 3 is 2.88 bits per heavy atom. The summed E-state index contributed by atoms with van der Waals surface area (Å²) in [6, 6.07) is 8.57. The summed E-state index contributed by atoms with van der Waals surface area (Å²) in [6.45, 7) is 0.604. The number of imidazole rings is 1. The van der Waals surface area contributed by atoms with E-state index in [9.17, 15) is 14.4 Å². The molecule has 0 unspecified atom stereocenters. The lowest BCUT2D eigenvalue weighted by Gasteiger charge is -2.24. The molecule has 1 aromatic carbocycles. The largest absolute Gasteiger partial charge is 0.330 e. The highest BCUT2D eigenvalue weighted by atomic mass is 32.1. The Morgan fingerprint density at radius 2 is 2.08 bits per heavy atom. The third-order valence-corrected chi connectivity index (χ3v) is 5.44. The van der Waals surface area contributed by atoms with Crippen molar-refractivity contribution in [3.8, 4) is 0 Å². The molecular weight excluding hydrogens is 352 g/mol. The van der Waals surface area contributed by atoms with Crippen LogP contribution < -0.4 is 11.0 Å². The summed E-state index contributed by atoms with van der Waals surface area (Å²) in [5, 5.41) is 4.81. The molecule has 26 heavy (non-hydrogen) atoms. The van der Waals surface area contributed by atoms with Crippen molar-refractivity contribution in [1.29, 1.82) is 0 Å². The standard InChI is InChI=1S/C18H18N4O3S/c23-16(10-12-3-2-8-26-12)22-7-1-4-15(22)17(24)19-11-5-6-13-14(9-11)21-18(25)20-13/h2-3,5-6,8-9,15H,1,4,7,10H2,(H,19,24)(H2,20,21,25)/t15-/m0/s1. The number of carbonyl (C=O) groups excluding carboxylic acids is 2. The molecular formula is C18H18N4O3S. The molecule has 0 saturated carbocycles. The van der Waals surface area contributed by atoms with Crippen molar-refractivity contribution in [1.82, 2.24) is 14.9 Å². The van der Waals surface area contributed by atoms with Crippen LogP contribution in [0.3, 0.4) is 0 Å². The van der Waals surface area contributed by atoms with E-state index in [1.54, 1.807) is 34.4 Å². The zero-order valence-electron chi connectivity index (χ0n) is 14.0. The lowest BCUT2D eigenvalue weighted by atomic mass is 10.2. The van der Waals surface area contributed by atoms with Gasteiger partial charge in [0.1, 0.15) is 6.04 Å². The normalized spacial score (nSPS) is 16.9. The first kappa shape index (κ1) is 16.6. The van der Waals surface area contributed by atoms with Crippen LogP contribution in [0.5, 0.6) is 0 Å². The number of anilines is 1. The predicted molar refractivity (Wildman–Crippen MR) is 100 cm³/mol. The van der Waals surface area contributed by atoms with Crippen molar-refractivity contribution in [2.45, 2.75) is 25.3 Å². The van der Waals surface area contributed by atoms with Crippen molar-refractivity contribution in [2.24, 2.45) is 0 Å². The molecule has 1 aliphatic rings. The number of aromatic nitrogens is 2. The molecule has 3 aromatic rings. The van der Waals surface area contributed by atoms with Gasteiger partial charge in [0.15, 0.2) is 0 Å². The van der Waals surface area contributed by atoms with Crippen molar-refractivity contribution < 1.29 is 9.59 Å². The van der Waals surface area contributed by atoms with Crippen LogP contribution in [0.25, 0.3) is 11.0 Å². The summed E-state index contributed by atoms with van der Waals surface area (Å²) in [5.74, 6) is -0.213. The molecule has 134 valence electrons. The lowest BCUT2D eigenvalue weighted by molar-refractivity contribution is -0.136. The topological polar surface area (TPSA) is 98.1 Å². The number of nitrogens with zero attached hydrogens (tertiary/aromatic N) is 1. The smallest absolute Gasteiger partial charge is 0.323 e. The van der Waals surface area contributed by atoms with Crippen molar-refractivity contribution in [2.75, 3.05) is 11.9 Å². The highest BCUT2D eigenvalue weighted by molar-refractivity contribution is 7.10. The van der Waals surface area contributed by atoms with Gasteiger partial charge in [-0.2, -0.15) is 0 Å². The summed E-state index contributed by atoms with van der Waals surface area (Å²) >= 11 is 1.55. The maximum absolute atomic E-state index is 12.7. The van der Waals surface area contributed by atoms with Gasteiger partial charge in [0, 0.05) is 17.1 Å². The molecule has 4 rings (SSSR count). The minimum Gasteiger partial charge on any atom is -0.330 e. The molecule has 2 amide bonds. The van der Waals surface area contributed by atoms with Gasteiger partial charge in [-0.05, 0) is 42.5 Å². The van der Waals surface area contributed by atoms with E-state index in [-0.39, 0.29) is 17.5 Å². The average molecular weight is 370 g/mol. The summed E-state index contributed by atoms with van der Waals surface area (Å²) in [4.78, 5) is 44.6. The third-order valence-electron chi connectivity index (χ3n) is 4.56. The molecule has 0 bridgehead atoms. The molecule has 1 atom stereocenters. The molecule has 0 radical (unpaired) electrons. The second-order valence-corrected chi connectivity index (χ2v) is 7.36. The fraction of sp³-hybridized carbons (Fsp3) is 0.278. The fourth-order valence-corrected chi connectivity index (χ4v) is 4.03. The number of carbonyl (C=O) groups is 2. The van der Waals surface area contributed by atoms with Gasteiger partial charge in [-0.1, -0.05) is 6.07 Å². The number of H-pyrrole nitrogens is 2. The van der Waals surface area contributed by atoms with Gasteiger partial charge < -0.3 is 20.2 Å². The number of benzene rings is 1. The minimum atomic E-state index is -0.455.